The third kappa shape index (κ3) is 2.63. The fourth-order valence-corrected chi connectivity index (χ4v) is 2.83. The van der Waals surface area contributed by atoms with Crippen LogP contribution in [-0.4, -0.2) is 50.0 Å². The summed E-state index contributed by atoms with van der Waals surface area (Å²) in [7, 11) is -1.34. The first kappa shape index (κ1) is 12.0. The van der Waals surface area contributed by atoms with Crippen molar-refractivity contribution in [3.8, 4) is 0 Å². The van der Waals surface area contributed by atoms with Crippen molar-refractivity contribution in [2.75, 3.05) is 41.9 Å². The van der Waals surface area contributed by atoms with Gasteiger partial charge in [0.05, 0.1) is 17.7 Å². The van der Waals surface area contributed by atoms with Crippen LogP contribution in [-0.2, 0) is 9.84 Å². The Morgan fingerprint density at radius 2 is 2.06 bits per heavy atom. The zero-order valence-corrected chi connectivity index (χ0v) is 10.2. The highest BCUT2D eigenvalue weighted by atomic mass is 32.2. The highest BCUT2D eigenvalue weighted by Crippen LogP contribution is 2.19. The molecule has 0 saturated carbocycles. The first-order valence-corrected chi connectivity index (χ1v) is 6.99. The van der Waals surface area contributed by atoms with Crippen LogP contribution in [0.5, 0.6) is 0 Å². The molecule has 1 saturated heterocycles. The molecule has 0 aromatic carbocycles. The number of aromatic nitrogens is 2. The molecule has 1 aliphatic heterocycles. The van der Waals surface area contributed by atoms with E-state index in [1.165, 1.54) is 0 Å². The van der Waals surface area contributed by atoms with Crippen molar-refractivity contribution in [1.82, 2.24) is 9.97 Å². The minimum absolute atomic E-state index is 0.0331. The van der Waals surface area contributed by atoms with Crippen molar-refractivity contribution in [1.29, 1.82) is 0 Å². The molecule has 6 nitrogen and oxygen atoms in total. The molecule has 2 heterocycles. The Morgan fingerprint density at radius 3 is 2.65 bits per heavy atom. The number of nitrogens with one attached hydrogen (secondary N) is 1. The normalized spacial score (nSPS) is 19.1. The molecule has 0 bridgehead atoms. The Kier molecular flexibility index (Phi) is 3.14. The largest absolute Gasteiger partial charge is 0.357 e. The van der Waals surface area contributed by atoms with E-state index < -0.39 is 15.7 Å². The number of hydrogen-bond donors (Lipinski definition) is 1. The summed E-state index contributed by atoms with van der Waals surface area (Å²) >= 11 is 0. The van der Waals surface area contributed by atoms with E-state index in [2.05, 4.69) is 15.3 Å². The lowest BCUT2D eigenvalue weighted by Crippen LogP contribution is -2.41. The quantitative estimate of drug-likeness (QED) is 0.800. The Labute approximate surface area is 98.8 Å². The topological polar surface area (TPSA) is 75.2 Å². The third-order valence-corrected chi connectivity index (χ3v) is 4.20. The van der Waals surface area contributed by atoms with E-state index in [0.29, 0.717) is 5.95 Å². The Balaban J connectivity index is 2.23. The number of halogens is 1. The van der Waals surface area contributed by atoms with Crippen LogP contribution in [0.1, 0.15) is 0 Å². The first-order chi connectivity index (χ1) is 8.02. The van der Waals surface area contributed by atoms with E-state index in [1.807, 2.05) is 0 Å². The number of rotatable bonds is 2. The van der Waals surface area contributed by atoms with E-state index >= 15 is 0 Å². The second kappa shape index (κ2) is 4.44. The van der Waals surface area contributed by atoms with Crippen LogP contribution in [0, 0.1) is 5.82 Å². The van der Waals surface area contributed by atoms with Crippen LogP contribution in [0.15, 0.2) is 6.20 Å². The summed E-state index contributed by atoms with van der Waals surface area (Å²) in [5.74, 6) is -0.00574. The lowest BCUT2D eigenvalue weighted by atomic mass is 10.4. The van der Waals surface area contributed by atoms with Gasteiger partial charge in [0, 0.05) is 20.1 Å². The molecule has 1 N–H and O–H groups in total. The van der Waals surface area contributed by atoms with Gasteiger partial charge in [-0.3, -0.25) is 0 Å². The molecule has 0 amide bonds. The molecule has 1 aromatic rings. The van der Waals surface area contributed by atoms with Gasteiger partial charge in [0.25, 0.3) is 0 Å². The fraction of sp³-hybridized carbons (Fsp3) is 0.556. The Morgan fingerprint density at radius 1 is 1.41 bits per heavy atom. The molecule has 8 heteroatoms. The summed E-state index contributed by atoms with van der Waals surface area (Å²) in [5, 5.41) is 2.72. The zero-order valence-electron chi connectivity index (χ0n) is 9.35. The monoisotopic (exact) mass is 260 g/mol. The summed E-state index contributed by atoms with van der Waals surface area (Å²) in [5.41, 5.74) is 0. The highest BCUT2D eigenvalue weighted by molar-refractivity contribution is 7.91. The van der Waals surface area contributed by atoms with Crippen molar-refractivity contribution in [2.45, 2.75) is 0 Å². The van der Waals surface area contributed by atoms with Crippen LogP contribution < -0.4 is 10.2 Å². The lowest BCUT2D eigenvalue weighted by molar-refractivity contribution is 0.577. The Bertz CT molecular complexity index is 506. The summed E-state index contributed by atoms with van der Waals surface area (Å²) in [6.45, 7) is 0.527. The molecule has 1 fully saturated rings. The van der Waals surface area contributed by atoms with Crippen LogP contribution >= 0.6 is 0 Å². The average molecular weight is 260 g/mol. The second-order valence-electron chi connectivity index (χ2n) is 3.75. The fourth-order valence-electron chi connectivity index (χ4n) is 1.62. The maximum Gasteiger partial charge on any atom is 0.224 e. The SMILES string of the molecule is CNc1ncc(F)c(N2CCS(=O)(=O)CC2)n1. The number of sulfone groups is 1. The number of anilines is 2. The van der Waals surface area contributed by atoms with Crippen molar-refractivity contribution < 1.29 is 12.8 Å². The van der Waals surface area contributed by atoms with Crippen LogP contribution in [0.4, 0.5) is 16.2 Å². The summed E-state index contributed by atoms with van der Waals surface area (Å²) in [4.78, 5) is 9.36. The molecular formula is C9H13FN4O2S. The van der Waals surface area contributed by atoms with E-state index in [0.717, 1.165) is 6.20 Å². The van der Waals surface area contributed by atoms with Crippen LogP contribution in [0.3, 0.4) is 0 Å². The molecule has 0 spiro atoms. The number of nitrogens with zero attached hydrogens (tertiary/aromatic N) is 3. The summed E-state index contributed by atoms with van der Waals surface area (Å²) < 4.78 is 36.1. The summed E-state index contributed by atoms with van der Waals surface area (Å²) in [6, 6.07) is 0. The van der Waals surface area contributed by atoms with Crippen LogP contribution in [0.2, 0.25) is 0 Å². The van der Waals surface area contributed by atoms with Gasteiger partial charge in [-0.1, -0.05) is 0 Å². The molecular weight excluding hydrogens is 247 g/mol. The predicted octanol–water partition coefficient (Wildman–Crippen LogP) is -0.108. The van der Waals surface area contributed by atoms with Gasteiger partial charge in [-0.15, -0.1) is 0 Å². The Hall–Kier alpha value is -1.44. The molecule has 0 atom stereocenters. The predicted molar refractivity (Wildman–Crippen MR) is 62.4 cm³/mol. The van der Waals surface area contributed by atoms with Gasteiger partial charge in [-0.05, 0) is 0 Å². The molecule has 94 valence electrons. The maximum absolute atomic E-state index is 13.5. The minimum Gasteiger partial charge on any atom is -0.357 e. The molecule has 0 aliphatic carbocycles. The van der Waals surface area contributed by atoms with E-state index in [-0.39, 0.29) is 30.4 Å². The maximum atomic E-state index is 13.5. The standard InChI is InChI=1S/C9H13FN4O2S/c1-11-9-12-6-7(10)8(13-9)14-2-4-17(15,16)5-3-14/h6H,2-5H2,1H3,(H,11,12,13). The van der Waals surface area contributed by atoms with Crippen molar-refractivity contribution >= 4 is 21.6 Å². The lowest BCUT2D eigenvalue weighted by Gasteiger charge is -2.27. The minimum atomic E-state index is -2.98. The van der Waals surface area contributed by atoms with Gasteiger partial charge >= 0.3 is 0 Å². The van der Waals surface area contributed by atoms with Crippen molar-refractivity contribution in [2.24, 2.45) is 0 Å². The average Bonchev–Trinajstić information content (AvgIpc) is 2.30. The molecule has 1 aliphatic rings. The van der Waals surface area contributed by atoms with E-state index in [1.54, 1.807) is 11.9 Å². The molecule has 2 rings (SSSR count). The van der Waals surface area contributed by atoms with Gasteiger partial charge < -0.3 is 10.2 Å². The van der Waals surface area contributed by atoms with Gasteiger partial charge in [-0.2, -0.15) is 4.98 Å². The van der Waals surface area contributed by atoms with Gasteiger partial charge in [-0.25, -0.2) is 17.8 Å². The zero-order chi connectivity index (χ0) is 12.5. The smallest absolute Gasteiger partial charge is 0.224 e. The first-order valence-electron chi connectivity index (χ1n) is 5.17. The van der Waals surface area contributed by atoms with Gasteiger partial charge in [0.1, 0.15) is 0 Å². The number of hydrogen-bond acceptors (Lipinski definition) is 6. The van der Waals surface area contributed by atoms with Gasteiger partial charge in [0.2, 0.25) is 5.95 Å². The van der Waals surface area contributed by atoms with E-state index in [4.69, 9.17) is 0 Å². The molecule has 17 heavy (non-hydrogen) atoms. The third-order valence-electron chi connectivity index (χ3n) is 2.59. The van der Waals surface area contributed by atoms with Crippen LogP contribution in [0.25, 0.3) is 0 Å². The van der Waals surface area contributed by atoms with Crippen molar-refractivity contribution in [3.05, 3.63) is 12.0 Å². The molecule has 0 unspecified atom stereocenters. The highest BCUT2D eigenvalue weighted by Gasteiger charge is 2.24. The molecule has 1 aromatic heterocycles. The van der Waals surface area contributed by atoms with E-state index in [9.17, 15) is 12.8 Å². The van der Waals surface area contributed by atoms with Gasteiger partial charge in [0.15, 0.2) is 21.5 Å². The molecule has 0 radical (unpaired) electrons. The second-order valence-corrected chi connectivity index (χ2v) is 6.06. The van der Waals surface area contributed by atoms with Crippen molar-refractivity contribution in [3.63, 3.8) is 0 Å². The summed E-state index contributed by atoms with van der Waals surface area (Å²) in [6.07, 6.45) is 1.08.